The molecule has 0 aliphatic heterocycles. The van der Waals surface area contributed by atoms with Gasteiger partial charge in [-0.1, -0.05) is 33.3 Å². The monoisotopic (exact) mass is 255 g/mol. The summed E-state index contributed by atoms with van der Waals surface area (Å²) in [6.45, 7) is 7.70. The van der Waals surface area contributed by atoms with Gasteiger partial charge in [0.25, 0.3) is 0 Å². The van der Waals surface area contributed by atoms with Crippen molar-refractivity contribution in [2.75, 3.05) is 6.61 Å². The zero-order chi connectivity index (χ0) is 12.7. The average molecular weight is 255 g/mol. The van der Waals surface area contributed by atoms with E-state index in [4.69, 9.17) is 0 Å². The van der Waals surface area contributed by atoms with Crippen molar-refractivity contribution in [2.45, 2.75) is 52.1 Å². The zero-order valence-corrected chi connectivity index (χ0v) is 12.0. The molecule has 3 heteroatoms. The minimum absolute atomic E-state index is 0.112. The normalized spacial score (nSPS) is 16.7. The maximum absolute atomic E-state index is 9.69. The van der Waals surface area contributed by atoms with E-state index in [-0.39, 0.29) is 12.1 Å². The van der Waals surface area contributed by atoms with Crippen molar-refractivity contribution >= 4 is 11.3 Å². The Balaban J connectivity index is 2.57. The number of rotatable bonds is 8. The van der Waals surface area contributed by atoms with Crippen molar-refractivity contribution in [2.24, 2.45) is 5.92 Å². The van der Waals surface area contributed by atoms with Gasteiger partial charge in [-0.15, -0.1) is 11.3 Å². The fourth-order valence-electron chi connectivity index (χ4n) is 2.07. The SMILES string of the molecule is CCC(C)CC(CC)(CO)NCc1cccs1. The summed E-state index contributed by atoms with van der Waals surface area (Å²) in [5, 5.41) is 15.3. The van der Waals surface area contributed by atoms with Gasteiger partial charge in [-0.05, 0) is 30.2 Å². The van der Waals surface area contributed by atoms with E-state index in [1.54, 1.807) is 11.3 Å². The van der Waals surface area contributed by atoms with Crippen molar-refractivity contribution in [1.29, 1.82) is 0 Å². The van der Waals surface area contributed by atoms with Crippen molar-refractivity contribution in [3.8, 4) is 0 Å². The summed E-state index contributed by atoms with van der Waals surface area (Å²) in [4.78, 5) is 1.33. The number of hydrogen-bond donors (Lipinski definition) is 2. The molecule has 1 aromatic rings. The predicted molar refractivity (Wildman–Crippen MR) is 75.3 cm³/mol. The van der Waals surface area contributed by atoms with Crippen LogP contribution in [0.15, 0.2) is 17.5 Å². The van der Waals surface area contributed by atoms with Crippen LogP contribution < -0.4 is 5.32 Å². The molecule has 98 valence electrons. The molecule has 0 radical (unpaired) electrons. The van der Waals surface area contributed by atoms with Crippen molar-refractivity contribution < 1.29 is 5.11 Å². The Labute approximate surface area is 109 Å². The van der Waals surface area contributed by atoms with E-state index in [1.165, 1.54) is 11.3 Å². The molecular weight excluding hydrogens is 230 g/mol. The Morgan fingerprint density at radius 2 is 2.24 bits per heavy atom. The van der Waals surface area contributed by atoms with Crippen LogP contribution in [0.25, 0.3) is 0 Å². The summed E-state index contributed by atoms with van der Waals surface area (Å²) in [6.07, 6.45) is 3.18. The second-order valence-corrected chi connectivity index (χ2v) is 5.97. The fraction of sp³-hybridized carbons (Fsp3) is 0.714. The predicted octanol–water partition coefficient (Wildman–Crippen LogP) is 3.42. The molecule has 2 N–H and O–H groups in total. The van der Waals surface area contributed by atoms with Crippen molar-refractivity contribution in [3.05, 3.63) is 22.4 Å². The molecule has 1 aromatic heterocycles. The minimum Gasteiger partial charge on any atom is -0.394 e. The summed E-state index contributed by atoms with van der Waals surface area (Å²) in [5.41, 5.74) is -0.112. The third-order valence-electron chi connectivity index (χ3n) is 3.63. The van der Waals surface area contributed by atoms with Gasteiger partial charge < -0.3 is 10.4 Å². The van der Waals surface area contributed by atoms with E-state index >= 15 is 0 Å². The van der Waals surface area contributed by atoms with E-state index < -0.39 is 0 Å². The van der Waals surface area contributed by atoms with Gasteiger partial charge >= 0.3 is 0 Å². The molecule has 0 aliphatic carbocycles. The number of thiophene rings is 1. The lowest BCUT2D eigenvalue weighted by Gasteiger charge is -2.34. The Morgan fingerprint density at radius 1 is 1.47 bits per heavy atom. The van der Waals surface area contributed by atoms with Crippen molar-refractivity contribution in [3.63, 3.8) is 0 Å². The maximum Gasteiger partial charge on any atom is 0.0613 e. The molecule has 0 aromatic carbocycles. The Bertz CT molecular complexity index is 293. The minimum atomic E-state index is -0.112. The molecule has 0 bridgehead atoms. The summed E-state index contributed by atoms with van der Waals surface area (Å²) >= 11 is 1.77. The number of nitrogens with one attached hydrogen (secondary N) is 1. The quantitative estimate of drug-likeness (QED) is 0.746. The van der Waals surface area contributed by atoms with Crippen LogP contribution in [0.4, 0.5) is 0 Å². The van der Waals surface area contributed by atoms with Gasteiger partial charge in [0.05, 0.1) is 6.61 Å². The molecule has 0 aliphatic rings. The Morgan fingerprint density at radius 3 is 2.71 bits per heavy atom. The average Bonchev–Trinajstić information content (AvgIpc) is 2.87. The second-order valence-electron chi connectivity index (χ2n) is 4.94. The van der Waals surface area contributed by atoms with Crippen LogP contribution in [0, 0.1) is 5.92 Å². The van der Waals surface area contributed by atoms with Crippen LogP contribution >= 0.6 is 11.3 Å². The highest BCUT2D eigenvalue weighted by Crippen LogP contribution is 2.23. The number of aliphatic hydroxyl groups excluding tert-OH is 1. The van der Waals surface area contributed by atoms with Gasteiger partial charge in [-0.2, -0.15) is 0 Å². The summed E-state index contributed by atoms with van der Waals surface area (Å²) in [5.74, 6) is 0.651. The lowest BCUT2D eigenvalue weighted by Crippen LogP contribution is -2.48. The smallest absolute Gasteiger partial charge is 0.0613 e. The van der Waals surface area contributed by atoms with Gasteiger partial charge in [0, 0.05) is 17.0 Å². The maximum atomic E-state index is 9.69. The van der Waals surface area contributed by atoms with Crippen LogP contribution in [-0.2, 0) is 6.54 Å². The first-order valence-corrected chi connectivity index (χ1v) is 7.42. The van der Waals surface area contributed by atoms with E-state index in [0.717, 1.165) is 19.4 Å². The largest absolute Gasteiger partial charge is 0.394 e. The third-order valence-corrected chi connectivity index (χ3v) is 4.51. The second kappa shape index (κ2) is 7.14. The number of aliphatic hydroxyl groups is 1. The molecule has 2 nitrogen and oxygen atoms in total. The highest BCUT2D eigenvalue weighted by molar-refractivity contribution is 7.09. The molecule has 1 rings (SSSR count). The lowest BCUT2D eigenvalue weighted by atomic mass is 9.85. The first-order valence-electron chi connectivity index (χ1n) is 6.54. The van der Waals surface area contributed by atoms with Gasteiger partial charge in [-0.25, -0.2) is 0 Å². The molecule has 2 unspecified atom stereocenters. The summed E-state index contributed by atoms with van der Waals surface area (Å²) in [6, 6.07) is 4.21. The third kappa shape index (κ3) is 4.41. The van der Waals surface area contributed by atoms with Crippen molar-refractivity contribution in [1.82, 2.24) is 5.32 Å². The topological polar surface area (TPSA) is 32.3 Å². The van der Waals surface area contributed by atoms with Gasteiger partial charge in [0.2, 0.25) is 0 Å². The van der Waals surface area contributed by atoms with Crippen LogP contribution in [0.3, 0.4) is 0 Å². The summed E-state index contributed by atoms with van der Waals surface area (Å²) in [7, 11) is 0. The highest BCUT2D eigenvalue weighted by Gasteiger charge is 2.28. The van der Waals surface area contributed by atoms with Gasteiger partial charge in [-0.3, -0.25) is 0 Å². The first kappa shape index (κ1) is 14.7. The number of hydrogen-bond acceptors (Lipinski definition) is 3. The fourth-order valence-corrected chi connectivity index (χ4v) is 2.72. The van der Waals surface area contributed by atoms with Crippen LogP contribution in [-0.4, -0.2) is 17.3 Å². The molecule has 0 saturated heterocycles. The van der Waals surface area contributed by atoms with Gasteiger partial charge in [0.15, 0.2) is 0 Å². The molecule has 0 saturated carbocycles. The molecule has 1 heterocycles. The van der Waals surface area contributed by atoms with E-state index in [9.17, 15) is 5.11 Å². The Hall–Kier alpha value is -0.380. The standard InChI is InChI=1S/C14H25NOS/c1-4-12(3)9-14(5-2,11-16)15-10-13-7-6-8-17-13/h6-8,12,15-16H,4-5,9-11H2,1-3H3. The molecule has 2 atom stereocenters. The van der Waals surface area contributed by atoms with Gasteiger partial charge in [0.1, 0.15) is 0 Å². The molecule has 0 amide bonds. The summed E-state index contributed by atoms with van der Waals surface area (Å²) < 4.78 is 0. The molecular formula is C14H25NOS. The van der Waals surface area contributed by atoms with E-state index in [0.29, 0.717) is 5.92 Å². The first-order chi connectivity index (χ1) is 8.15. The molecule has 0 fully saturated rings. The van der Waals surface area contributed by atoms with E-state index in [2.05, 4.69) is 43.6 Å². The van der Waals surface area contributed by atoms with Crippen LogP contribution in [0.2, 0.25) is 0 Å². The molecule has 0 spiro atoms. The zero-order valence-electron chi connectivity index (χ0n) is 11.2. The van der Waals surface area contributed by atoms with Crippen LogP contribution in [0.1, 0.15) is 44.9 Å². The lowest BCUT2D eigenvalue weighted by molar-refractivity contribution is 0.128. The highest BCUT2D eigenvalue weighted by atomic mass is 32.1. The molecule has 17 heavy (non-hydrogen) atoms. The Kier molecular flexibility index (Phi) is 6.17. The van der Waals surface area contributed by atoms with E-state index in [1.807, 2.05) is 0 Å². The van der Waals surface area contributed by atoms with Crippen LogP contribution in [0.5, 0.6) is 0 Å².